The quantitative estimate of drug-likeness (QED) is 0.418. The Morgan fingerprint density at radius 1 is 1.36 bits per heavy atom. The van der Waals surface area contributed by atoms with Crippen molar-refractivity contribution < 1.29 is 9.72 Å². The first-order valence-corrected chi connectivity index (χ1v) is 4.22. The van der Waals surface area contributed by atoms with Crippen LogP contribution in [0.4, 0.5) is 5.69 Å². The Morgan fingerprint density at radius 3 is 2.36 bits per heavy atom. The number of Topliss-reactive ketones (excluding diaryl/α,β-unsaturated/α-hetero) is 1. The summed E-state index contributed by atoms with van der Waals surface area (Å²) < 4.78 is 0. The molecule has 0 bridgehead atoms. The summed E-state index contributed by atoms with van der Waals surface area (Å²) in [5.41, 5.74) is 0.496. The number of carbonyl (C=O) groups is 1. The zero-order valence-corrected chi connectivity index (χ0v) is 7.60. The van der Waals surface area contributed by atoms with Gasteiger partial charge >= 0.3 is 0 Å². The monoisotopic (exact) mass is 192 g/mol. The Bertz CT molecular complexity index is 343. The Balaban J connectivity index is 2.83. The average Bonchev–Trinajstić information content (AvgIpc) is 2.18. The normalized spacial score (nSPS) is 9.79. The van der Waals surface area contributed by atoms with E-state index >= 15 is 0 Å². The highest BCUT2D eigenvalue weighted by Crippen LogP contribution is 2.13. The molecule has 0 spiro atoms. The van der Waals surface area contributed by atoms with Crippen LogP contribution in [-0.2, 0) is 0 Å². The van der Waals surface area contributed by atoms with Crippen LogP contribution in [0.25, 0.3) is 0 Å². The lowest BCUT2D eigenvalue weighted by Gasteiger charge is -1.97. The highest BCUT2D eigenvalue weighted by atomic mass is 16.6. The Hall–Kier alpha value is -1.71. The fourth-order valence-electron chi connectivity index (χ4n) is 1.07. The summed E-state index contributed by atoms with van der Waals surface area (Å²) in [6, 6.07) is 5.60. The molecule has 0 N–H and O–H groups in total. The summed E-state index contributed by atoms with van der Waals surface area (Å²) >= 11 is 0. The second-order valence-corrected chi connectivity index (χ2v) is 2.83. The van der Waals surface area contributed by atoms with Crippen LogP contribution in [-0.4, -0.2) is 10.7 Å². The number of nitro groups is 1. The molecule has 73 valence electrons. The van der Waals surface area contributed by atoms with Crippen molar-refractivity contribution in [3.63, 3.8) is 0 Å². The number of hydrogen-bond donors (Lipinski definition) is 0. The largest absolute Gasteiger partial charge is 0.294 e. The van der Waals surface area contributed by atoms with Gasteiger partial charge in [0, 0.05) is 24.1 Å². The lowest BCUT2D eigenvalue weighted by molar-refractivity contribution is -0.384. The fourth-order valence-corrected chi connectivity index (χ4v) is 1.07. The van der Waals surface area contributed by atoms with Crippen molar-refractivity contribution in [1.29, 1.82) is 0 Å². The third-order valence-corrected chi connectivity index (χ3v) is 1.80. The molecule has 0 saturated carbocycles. The Morgan fingerprint density at radius 2 is 1.93 bits per heavy atom. The molecule has 0 amide bonds. The van der Waals surface area contributed by atoms with Gasteiger partial charge in [0.2, 0.25) is 0 Å². The molecule has 1 aromatic rings. The molecule has 1 radical (unpaired) electrons. The smallest absolute Gasteiger partial charge is 0.269 e. The van der Waals surface area contributed by atoms with Crippen molar-refractivity contribution >= 4 is 11.5 Å². The van der Waals surface area contributed by atoms with Crippen molar-refractivity contribution in [1.82, 2.24) is 0 Å². The van der Waals surface area contributed by atoms with Crippen LogP contribution >= 0.6 is 0 Å². The zero-order chi connectivity index (χ0) is 10.6. The number of carbonyl (C=O) groups excluding carboxylic acids is 1. The highest BCUT2D eigenvalue weighted by molar-refractivity contribution is 5.96. The molecule has 0 fully saturated rings. The second-order valence-electron chi connectivity index (χ2n) is 2.83. The first-order chi connectivity index (χ1) is 6.65. The van der Waals surface area contributed by atoms with Crippen LogP contribution in [0, 0.1) is 17.0 Å². The maximum absolute atomic E-state index is 11.3. The van der Waals surface area contributed by atoms with E-state index in [0.717, 1.165) is 0 Å². The minimum atomic E-state index is -0.490. The second kappa shape index (κ2) is 4.50. The lowest BCUT2D eigenvalue weighted by Crippen LogP contribution is -1.98. The first-order valence-electron chi connectivity index (χ1n) is 4.22. The Labute approximate surface area is 81.7 Å². The van der Waals surface area contributed by atoms with E-state index in [2.05, 4.69) is 6.92 Å². The molecular formula is C10H10NO3. The number of rotatable bonds is 4. The molecule has 1 rings (SSSR count). The van der Waals surface area contributed by atoms with E-state index in [-0.39, 0.29) is 11.5 Å². The van der Waals surface area contributed by atoms with Gasteiger partial charge in [0.15, 0.2) is 5.78 Å². The molecule has 0 aliphatic rings. The van der Waals surface area contributed by atoms with E-state index in [1.54, 1.807) is 0 Å². The Kier molecular flexibility index (Phi) is 3.34. The third-order valence-electron chi connectivity index (χ3n) is 1.80. The topological polar surface area (TPSA) is 60.2 Å². The predicted octanol–water partition coefficient (Wildman–Crippen LogP) is 2.39. The van der Waals surface area contributed by atoms with E-state index < -0.39 is 4.92 Å². The third kappa shape index (κ3) is 2.39. The number of hydrogen-bond acceptors (Lipinski definition) is 3. The molecule has 0 heterocycles. The number of nitrogens with zero attached hydrogens (tertiary/aromatic N) is 1. The van der Waals surface area contributed by atoms with Crippen molar-refractivity contribution in [2.45, 2.75) is 12.8 Å². The van der Waals surface area contributed by atoms with Crippen LogP contribution in [0.5, 0.6) is 0 Å². The molecule has 0 saturated heterocycles. The maximum Gasteiger partial charge on any atom is 0.269 e. The average molecular weight is 192 g/mol. The predicted molar refractivity (Wildman–Crippen MR) is 52.0 cm³/mol. The van der Waals surface area contributed by atoms with Crippen LogP contribution in [0.15, 0.2) is 24.3 Å². The molecule has 0 unspecified atom stereocenters. The van der Waals surface area contributed by atoms with E-state index in [0.29, 0.717) is 18.4 Å². The number of non-ortho nitro benzene ring substituents is 1. The molecular weight excluding hydrogens is 182 g/mol. The van der Waals surface area contributed by atoms with Gasteiger partial charge < -0.3 is 0 Å². The molecule has 1 aromatic carbocycles. The van der Waals surface area contributed by atoms with Gasteiger partial charge in [-0.1, -0.05) is 6.92 Å². The standard InChI is InChI=1S/C10H10NO3/c1-2-3-10(12)8-4-6-9(7-5-8)11(13)14/h4-7H,1-3H2. The summed E-state index contributed by atoms with van der Waals surface area (Å²) in [5, 5.41) is 10.3. The van der Waals surface area contributed by atoms with E-state index in [9.17, 15) is 14.9 Å². The van der Waals surface area contributed by atoms with Gasteiger partial charge in [0.25, 0.3) is 5.69 Å². The van der Waals surface area contributed by atoms with Gasteiger partial charge in [-0.15, -0.1) is 0 Å². The SMILES string of the molecule is [CH2]CCC(=O)c1ccc([N+](=O)[O-])cc1. The molecule has 4 heteroatoms. The van der Waals surface area contributed by atoms with E-state index in [1.807, 2.05) is 0 Å². The summed E-state index contributed by atoms with van der Waals surface area (Å²) in [4.78, 5) is 21.1. The van der Waals surface area contributed by atoms with Crippen molar-refractivity contribution in [2.75, 3.05) is 0 Å². The molecule has 0 aliphatic heterocycles. The molecule has 4 nitrogen and oxygen atoms in total. The first kappa shape index (κ1) is 10.4. The number of ketones is 1. The van der Waals surface area contributed by atoms with Crippen LogP contribution in [0.1, 0.15) is 23.2 Å². The van der Waals surface area contributed by atoms with Gasteiger partial charge in [-0.2, -0.15) is 0 Å². The minimum absolute atomic E-state index is 0.00354. The van der Waals surface area contributed by atoms with Crippen molar-refractivity contribution in [3.05, 3.63) is 46.9 Å². The summed E-state index contributed by atoms with van der Waals surface area (Å²) in [7, 11) is 0. The van der Waals surface area contributed by atoms with E-state index in [4.69, 9.17) is 0 Å². The van der Waals surface area contributed by atoms with Gasteiger partial charge in [-0.3, -0.25) is 14.9 Å². The fraction of sp³-hybridized carbons (Fsp3) is 0.200. The molecule has 0 aliphatic carbocycles. The van der Waals surface area contributed by atoms with Gasteiger partial charge in [-0.05, 0) is 18.6 Å². The maximum atomic E-state index is 11.3. The van der Waals surface area contributed by atoms with Crippen LogP contribution < -0.4 is 0 Å². The highest BCUT2D eigenvalue weighted by Gasteiger charge is 2.07. The van der Waals surface area contributed by atoms with Crippen molar-refractivity contribution in [2.24, 2.45) is 0 Å². The summed E-state index contributed by atoms with van der Waals surface area (Å²) in [5.74, 6) is -0.0325. The molecule has 0 aromatic heterocycles. The van der Waals surface area contributed by atoms with Gasteiger partial charge in [0.05, 0.1) is 4.92 Å². The van der Waals surface area contributed by atoms with Gasteiger partial charge in [-0.25, -0.2) is 0 Å². The van der Waals surface area contributed by atoms with E-state index in [1.165, 1.54) is 24.3 Å². The molecule has 0 atom stereocenters. The minimum Gasteiger partial charge on any atom is -0.294 e. The zero-order valence-electron chi connectivity index (χ0n) is 7.60. The summed E-state index contributed by atoms with van der Waals surface area (Å²) in [6.45, 7) is 3.57. The lowest BCUT2D eigenvalue weighted by atomic mass is 10.1. The van der Waals surface area contributed by atoms with Gasteiger partial charge in [0.1, 0.15) is 0 Å². The van der Waals surface area contributed by atoms with Crippen LogP contribution in [0.3, 0.4) is 0 Å². The number of benzene rings is 1. The molecule has 14 heavy (non-hydrogen) atoms. The number of nitro benzene ring substituents is 1. The van der Waals surface area contributed by atoms with Crippen LogP contribution in [0.2, 0.25) is 0 Å². The van der Waals surface area contributed by atoms with Crippen molar-refractivity contribution in [3.8, 4) is 0 Å². The summed E-state index contributed by atoms with van der Waals surface area (Å²) in [6.07, 6.45) is 0.910.